The molecule has 0 bridgehead atoms. The number of hydrogen-bond donors (Lipinski definition) is 1. The fourth-order valence-electron chi connectivity index (χ4n) is 1.93. The number of aliphatic hydroxyl groups excluding tert-OH is 1. The van der Waals surface area contributed by atoms with E-state index in [1.165, 1.54) is 0 Å². The highest BCUT2D eigenvalue weighted by Crippen LogP contribution is 2.31. The standard InChI is InChI=1S/C15H14Cl2O/c1-10(11-5-7-13(16)8-6-11)15(18)12-3-2-4-14(17)9-12/h2-10,15,18H,1H3/t10-,15?/m1/s1. The first-order valence-corrected chi connectivity index (χ1v) is 6.52. The van der Waals surface area contributed by atoms with Gasteiger partial charge >= 0.3 is 0 Å². The predicted molar refractivity (Wildman–Crippen MR) is 76.3 cm³/mol. The molecule has 0 heterocycles. The lowest BCUT2D eigenvalue weighted by molar-refractivity contribution is 0.151. The van der Waals surface area contributed by atoms with E-state index in [0.29, 0.717) is 10.0 Å². The molecule has 0 aliphatic carbocycles. The summed E-state index contributed by atoms with van der Waals surface area (Å²) < 4.78 is 0. The molecular weight excluding hydrogens is 267 g/mol. The van der Waals surface area contributed by atoms with Crippen molar-refractivity contribution in [2.24, 2.45) is 0 Å². The smallest absolute Gasteiger partial charge is 0.0856 e. The molecule has 0 amide bonds. The van der Waals surface area contributed by atoms with E-state index in [-0.39, 0.29) is 5.92 Å². The minimum absolute atomic E-state index is 0.0132. The maximum Gasteiger partial charge on any atom is 0.0856 e. The highest BCUT2D eigenvalue weighted by molar-refractivity contribution is 6.30. The molecule has 0 saturated heterocycles. The average molecular weight is 281 g/mol. The minimum Gasteiger partial charge on any atom is -0.388 e. The first-order chi connectivity index (χ1) is 8.58. The van der Waals surface area contributed by atoms with Crippen LogP contribution in [0, 0.1) is 0 Å². The molecule has 2 rings (SSSR count). The van der Waals surface area contributed by atoms with E-state index >= 15 is 0 Å². The first-order valence-electron chi connectivity index (χ1n) is 5.77. The van der Waals surface area contributed by atoms with Crippen LogP contribution in [0.5, 0.6) is 0 Å². The highest BCUT2D eigenvalue weighted by atomic mass is 35.5. The van der Waals surface area contributed by atoms with Gasteiger partial charge in [0.2, 0.25) is 0 Å². The summed E-state index contributed by atoms with van der Waals surface area (Å²) in [6.07, 6.45) is -0.579. The van der Waals surface area contributed by atoms with Gasteiger partial charge in [0.15, 0.2) is 0 Å². The third-order valence-electron chi connectivity index (χ3n) is 3.06. The summed E-state index contributed by atoms with van der Waals surface area (Å²) in [6, 6.07) is 14.8. The molecule has 0 aromatic heterocycles. The Hall–Kier alpha value is -1.02. The van der Waals surface area contributed by atoms with Crippen LogP contribution in [0.15, 0.2) is 48.5 Å². The Labute approximate surface area is 117 Å². The third-order valence-corrected chi connectivity index (χ3v) is 3.55. The van der Waals surface area contributed by atoms with Crippen molar-refractivity contribution in [2.75, 3.05) is 0 Å². The van der Waals surface area contributed by atoms with E-state index in [2.05, 4.69) is 0 Å². The van der Waals surface area contributed by atoms with Crippen molar-refractivity contribution in [1.29, 1.82) is 0 Å². The van der Waals surface area contributed by atoms with Gasteiger partial charge in [-0.05, 0) is 35.4 Å². The molecule has 0 spiro atoms. The molecule has 18 heavy (non-hydrogen) atoms. The van der Waals surface area contributed by atoms with Gasteiger partial charge in [0.05, 0.1) is 6.10 Å². The van der Waals surface area contributed by atoms with Crippen LogP contribution in [-0.4, -0.2) is 5.11 Å². The zero-order valence-electron chi connectivity index (χ0n) is 9.98. The number of benzene rings is 2. The van der Waals surface area contributed by atoms with Crippen molar-refractivity contribution < 1.29 is 5.11 Å². The summed E-state index contributed by atoms with van der Waals surface area (Å²) in [5.74, 6) is -0.0132. The van der Waals surface area contributed by atoms with Crippen LogP contribution in [0.4, 0.5) is 0 Å². The summed E-state index contributed by atoms with van der Waals surface area (Å²) in [5.41, 5.74) is 1.87. The molecule has 0 aliphatic rings. The summed E-state index contributed by atoms with van der Waals surface area (Å²) >= 11 is 11.8. The van der Waals surface area contributed by atoms with Gasteiger partial charge in [-0.3, -0.25) is 0 Å². The lowest BCUT2D eigenvalue weighted by atomic mass is 9.91. The molecule has 0 aliphatic heterocycles. The van der Waals surface area contributed by atoms with E-state index in [4.69, 9.17) is 23.2 Å². The molecule has 2 aromatic carbocycles. The SMILES string of the molecule is C[C@H](c1ccc(Cl)cc1)C(O)c1cccc(Cl)c1. The zero-order chi connectivity index (χ0) is 13.1. The van der Waals surface area contributed by atoms with Gasteiger partial charge in [-0.25, -0.2) is 0 Å². The Bertz CT molecular complexity index is 522. The summed E-state index contributed by atoms with van der Waals surface area (Å²) in [4.78, 5) is 0. The predicted octanol–water partition coefficient (Wildman–Crippen LogP) is 4.83. The highest BCUT2D eigenvalue weighted by Gasteiger charge is 2.18. The Morgan fingerprint density at radius 2 is 1.56 bits per heavy atom. The van der Waals surface area contributed by atoms with E-state index in [0.717, 1.165) is 11.1 Å². The van der Waals surface area contributed by atoms with Crippen LogP contribution in [-0.2, 0) is 0 Å². The van der Waals surface area contributed by atoms with Crippen molar-refractivity contribution in [3.05, 3.63) is 69.7 Å². The van der Waals surface area contributed by atoms with Crippen LogP contribution in [0.1, 0.15) is 30.1 Å². The topological polar surface area (TPSA) is 20.2 Å². The Morgan fingerprint density at radius 3 is 2.17 bits per heavy atom. The van der Waals surface area contributed by atoms with Crippen LogP contribution < -0.4 is 0 Å². The number of halogens is 2. The van der Waals surface area contributed by atoms with Crippen molar-refractivity contribution in [3.8, 4) is 0 Å². The second kappa shape index (κ2) is 5.75. The lowest BCUT2D eigenvalue weighted by Crippen LogP contribution is -2.07. The number of aliphatic hydroxyl groups is 1. The van der Waals surface area contributed by atoms with Gasteiger partial charge in [0.1, 0.15) is 0 Å². The lowest BCUT2D eigenvalue weighted by Gasteiger charge is -2.20. The summed E-state index contributed by atoms with van der Waals surface area (Å²) in [6.45, 7) is 1.98. The van der Waals surface area contributed by atoms with Crippen molar-refractivity contribution >= 4 is 23.2 Å². The van der Waals surface area contributed by atoms with Gasteiger partial charge in [0.25, 0.3) is 0 Å². The van der Waals surface area contributed by atoms with Gasteiger partial charge in [-0.15, -0.1) is 0 Å². The minimum atomic E-state index is -0.579. The molecule has 94 valence electrons. The molecule has 0 saturated carbocycles. The van der Waals surface area contributed by atoms with Gasteiger partial charge in [0, 0.05) is 16.0 Å². The zero-order valence-corrected chi connectivity index (χ0v) is 11.5. The largest absolute Gasteiger partial charge is 0.388 e. The van der Waals surface area contributed by atoms with Crippen LogP contribution >= 0.6 is 23.2 Å². The maximum absolute atomic E-state index is 10.3. The maximum atomic E-state index is 10.3. The first kappa shape index (κ1) is 13.4. The average Bonchev–Trinajstić information content (AvgIpc) is 2.38. The van der Waals surface area contributed by atoms with Crippen molar-refractivity contribution in [2.45, 2.75) is 18.9 Å². The Kier molecular flexibility index (Phi) is 4.28. The molecule has 0 fully saturated rings. The molecule has 2 atom stereocenters. The van der Waals surface area contributed by atoms with Crippen molar-refractivity contribution in [3.63, 3.8) is 0 Å². The number of hydrogen-bond acceptors (Lipinski definition) is 1. The fourth-order valence-corrected chi connectivity index (χ4v) is 2.25. The van der Waals surface area contributed by atoms with Gasteiger partial charge in [-0.2, -0.15) is 0 Å². The molecule has 1 N–H and O–H groups in total. The normalized spacial score (nSPS) is 14.2. The Balaban J connectivity index is 2.23. The monoisotopic (exact) mass is 280 g/mol. The quantitative estimate of drug-likeness (QED) is 0.854. The summed E-state index contributed by atoms with van der Waals surface area (Å²) in [7, 11) is 0. The van der Waals surface area contributed by atoms with Gasteiger partial charge < -0.3 is 5.11 Å². The second-order valence-corrected chi connectivity index (χ2v) is 5.21. The molecular formula is C15H14Cl2O. The van der Waals surface area contributed by atoms with E-state index in [1.54, 1.807) is 12.1 Å². The van der Waals surface area contributed by atoms with Crippen LogP contribution in [0.2, 0.25) is 10.0 Å². The summed E-state index contributed by atoms with van der Waals surface area (Å²) in [5, 5.41) is 11.7. The van der Waals surface area contributed by atoms with Crippen molar-refractivity contribution in [1.82, 2.24) is 0 Å². The van der Waals surface area contributed by atoms with E-state index in [9.17, 15) is 5.11 Å². The molecule has 1 nitrogen and oxygen atoms in total. The molecule has 3 heteroatoms. The fraction of sp³-hybridized carbons (Fsp3) is 0.200. The molecule has 2 aromatic rings. The Morgan fingerprint density at radius 1 is 0.889 bits per heavy atom. The van der Waals surface area contributed by atoms with Gasteiger partial charge in [-0.1, -0.05) is 54.4 Å². The molecule has 0 radical (unpaired) electrons. The van der Waals surface area contributed by atoms with E-state index in [1.807, 2.05) is 43.3 Å². The molecule has 1 unspecified atom stereocenters. The second-order valence-electron chi connectivity index (χ2n) is 4.34. The van der Waals surface area contributed by atoms with E-state index < -0.39 is 6.10 Å². The number of rotatable bonds is 3. The third kappa shape index (κ3) is 3.05. The van der Waals surface area contributed by atoms with Crippen LogP contribution in [0.3, 0.4) is 0 Å². The van der Waals surface area contributed by atoms with Crippen LogP contribution in [0.25, 0.3) is 0 Å².